The highest BCUT2D eigenvalue weighted by molar-refractivity contribution is 9.10. The van der Waals surface area contributed by atoms with Crippen LogP contribution in [0.1, 0.15) is 5.56 Å². The average Bonchev–Trinajstić information content (AvgIpc) is 2.38. The first-order valence-electron chi connectivity index (χ1n) is 5.31. The molecule has 0 unspecified atom stereocenters. The number of hydrogen-bond donors (Lipinski definition) is 2. The van der Waals surface area contributed by atoms with E-state index in [0.717, 1.165) is 0 Å². The van der Waals surface area contributed by atoms with Crippen molar-refractivity contribution in [1.82, 2.24) is 0 Å². The first-order valence-corrected chi connectivity index (χ1v) is 6.10. The molecule has 2 aromatic rings. The van der Waals surface area contributed by atoms with E-state index in [0.29, 0.717) is 21.5 Å². The highest BCUT2D eigenvalue weighted by Crippen LogP contribution is 2.27. The van der Waals surface area contributed by atoms with E-state index in [4.69, 9.17) is 15.7 Å². The van der Waals surface area contributed by atoms with Crippen molar-refractivity contribution in [1.29, 1.82) is 0 Å². The Balaban J connectivity index is 2.26. The molecule has 3 N–H and O–H groups in total. The first-order chi connectivity index (χ1) is 9.10. The van der Waals surface area contributed by atoms with Crippen LogP contribution < -0.4 is 10.5 Å². The number of oxime groups is 1. The van der Waals surface area contributed by atoms with Gasteiger partial charge in [-0.1, -0.05) is 11.2 Å². The summed E-state index contributed by atoms with van der Waals surface area (Å²) < 4.78 is 19.1. The maximum Gasteiger partial charge on any atom is 0.171 e. The van der Waals surface area contributed by atoms with Crippen LogP contribution in [0.2, 0.25) is 0 Å². The maximum atomic E-state index is 13.0. The summed E-state index contributed by atoms with van der Waals surface area (Å²) in [5, 5.41) is 11.5. The van der Waals surface area contributed by atoms with Crippen LogP contribution in [-0.2, 0) is 0 Å². The van der Waals surface area contributed by atoms with Gasteiger partial charge in [0, 0.05) is 16.1 Å². The molecule has 19 heavy (non-hydrogen) atoms. The van der Waals surface area contributed by atoms with Gasteiger partial charge in [0.05, 0.1) is 0 Å². The molecule has 0 saturated carbocycles. The second kappa shape index (κ2) is 5.71. The standard InChI is InChI=1S/C13H10BrFN2O2/c14-12-7-10(4-5-11(12)13(16)17-18)19-9-3-1-2-8(15)6-9/h1-7,18H,(H2,16,17). The van der Waals surface area contributed by atoms with Crippen molar-refractivity contribution in [3.05, 3.63) is 58.3 Å². The first kappa shape index (κ1) is 13.4. The largest absolute Gasteiger partial charge is 0.457 e. The molecule has 0 saturated heterocycles. The minimum atomic E-state index is -0.371. The maximum absolute atomic E-state index is 13.0. The van der Waals surface area contributed by atoms with E-state index in [-0.39, 0.29) is 11.7 Å². The second-order valence-electron chi connectivity index (χ2n) is 3.69. The zero-order chi connectivity index (χ0) is 13.8. The number of hydrogen-bond acceptors (Lipinski definition) is 3. The Morgan fingerprint density at radius 3 is 2.58 bits per heavy atom. The zero-order valence-electron chi connectivity index (χ0n) is 9.68. The summed E-state index contributed by atoms with van der Waals surface area (Å²) >= 11 is 3.29. The van der Waals surface area contributed by atoms with Crippen molar-refractivity contribution >= 4 is 21.8 Å². The van der Waals surface area contributed by atoms with Crippen molar-refractivity contribution < 1.29 is 14.3 Å². The predicted octanol–water partition coefficient (Wildman–Crippen LogP) is 3.48. The van der Waals surface area contributed by atoms with E-state index in [1.807, 2.05) is 0 Å². The Kier molecular flexibility index (Phi) is 4.01. The minimum absolute atomic E-state index is 0.0100. The van der Waals surface area contributed by atoms with E-state index in [9.17, 15) is 4.39 Å². The third kappa shape index (κ3) is 3.23. The van der Waals surface area contributed by atoms with Gasteiger partial charge in [-0.25, -0.2) is 4.39 Å². The molecule has 0 amide bonds. The van der Waals surface area contributed by atoms with Gasteiger partial charge in [0.25, 0.3) is 0 Å². The van der Waals surface area contributed by atoms with Crippen LogP contribution in [0.15, 0.2) is 52.1 Å². The smallest absolute Gasteiger partial charge is 0.171 e. The summed E-state index contributed by atoms with van der Waals surface area (Å²) in [4.78, 5) is 0. The molecule has 0 spiro atoms. The lowest BCUT2D eigenvalue weighted by molar-refractivity contribution is 0.318. The molecule has 2 rings (SSSR count). The van der Waals surface area contributed by atoms with E-state index in [1.165, 1.54) is 12.1 Å². The lowest BCUT2D eigenvalue weighted by Crippen LogP contribution is -2.13. The van der Waals surface area contributed by atoms with Crippen LogP contribution in [-0.4, -0.2) is 11.0 Å². The van der Waals surface area contributed by atoms with Crippen molar-refractivity contribution in [3.63, 3.8) is 0 Å². The lowest BCUT2D eigenvalue weighted by atomic mass is 10.2. The molecule has 0 aromatic heterocycles. The molecule has 98 valence electrons. The van der Waals surface area contributed by atoms with E-state index < -0.39 is 0 Å². The van der Waals surface area contributed by atoms with Crippen LogP contribution >= 0.6 is 15.9 Å². The minimum Gasteiger partial charge on any atom is -0.457 e. The fourth-order valence-electron chi connectivity index (χ4n) is 1.49. The normalized spacial score (nSPS) is 11.4. The van der Waals surface area contributed by atoms with Gasteiger partial charge in [0.1, 0.15) is 17.3 Å². The van der Waals surface area contributed by atoms with Crippen LogP contribution in [0, 0.1) is 5.82 Å². The van der Waals surface area contributed by atoms with Gasteiger partial charge >= 0.3 is 0 Å². The number of nitrogens with two attached hydrogens (primary N) is 1. The number of halogens is 2. The molecule has 0 heterocycles. The molecule has 0 fully saturated rings. The van der Waals surface area contributed by atoms with Crippen LogP contribution in [0.25, 0.3) is 0 Å². The Labute approximate surface area is 117 Å². The summed E-state index contributed by atoms with van der Waals surface area (Å²) in [5.41, 5.74) is 6.03. The molecular formula is C13H10BrFN2O2. The second-order valence-corrected chi connectivity index (χ2v) is 4.54. The highest BCUT2D eigenvalue weighted by atomic mass is 79.9. The Morgan fingerprint density at radius 1 is 1.21 bits per heavy atom. The van der Waals surface area contributed by atoms with Gasteiger partial charge in [-0.3, -0.25) is 0 Å². The van der Waals surface area contributed by atoms with Crippen LogP contribution in [0.5, 0.6) is 11.5 Å². The van der Waals surface area contributed by atoms with Gasteiger partial charge in [0.15, 0.2) is 5.84 Å². The molecule has 0 aliphatic carbocycles. The third-order valence-corrected chi connectivity index (χ3v) is 3.01. The summed E-state index contributed by atoms with van der Waals surface area (Å²) in [7, 11) is 0. The molecule has 0 aliphatic rings. The molecular weight excluding hydrogens is 315 g/mol. The van der Waals surface area contributed by atoms with E-state index in [1.54, 1.807) is 30.3 Å². The molecule has 0 atom stereocenters. The van der Waals surface area contributed by atoms with Crippen molar-refractivity contribution in [2.24, 2.45) is 10.9 Å². The van der Waals surface area contributed by atoms with E-state index in [2.05, 4.69) is 21.1 Å². The summed E-state index contributed by atoms with van der Waals surface area (Å²) in [6.45, 7) is 0. The fraction of sp³-hybridized carbons (Fsp3) is 0. The Morgan fingerprint density at radius 2 is 1.95 bits per heavy atom. The SMILES string of the molecule is N/C(=N/O)c1ccc(Oc2cccc(F)c2)cc1Br. The highest BCUT2D eigenvalue weighted by Gasteiger charge is 2.07. The lowest BCUT2D eigenvalue weighted by Gasteiger charge is -2.08. The number of amidine groups is 1. The topological polar surface area (TPSA) is 67.8 Å². The van der Waals surface area contributed by atoms with Gasteiger partial charge < -0.3 is 15.7 Å². The van der Waals surface area contributed by atoms with Gasteiger partial charge in [0.2, 0.25) is 0 Å². The number of rotatable bonds is 3. The van der Waals surface area contributed by atoms with Crippen molar-refractivity contribution in [2.75, 3.05) is 0 Å². The average molecular weight is 325 g/mol. The summed E-state index contributed by atoms with van der Waals surface area (Å²) in [5.74, 6) is 0.518. The Hall–Kier alpha value is -2.08. The van der Waals surface area contributed by atoms with E-state index >= 15 is 0 Å². The van der Waals surface area contributed by atoms with Crippen molar-refractivity contribution in [2.45, 2.75) is 0 Å². The molecule has 0 aliphatic heterocycles. The number of benzene rings is 2. The quantitative estimate of drug-likeness (QED) is 0.393. The zero-order valence-corrected chi connectivity index (χ0v) is 11.3. The van der Waals surface area contributed by atoms with Crippen LogP contribution in [0.3, 0.4) is 0 Å². The molecule has 0 radical (unpaired) electrons. The fourth-order valence-corrected chi connectivity index (χ4v) is 2.05. The summed E-state index contributed by atoms with van der Waals surface area (Å²) in [6, 6.07) is 10.8. The van der Waals surface area contributed by atoms with Crippen LogP contribution in [0.4, 0.5) is 4.39 Å². The van der Waals surface area contributed by atoms with Gasteiger partial charge in [-0.2, -0.15) is 0 Å². The van der Waals surface area contributed by atoms with Crippen molar-refractivity contribution in [3.8, 4) is 11.5 Å². The predicted molar refractivity (Wildman–Crippen MR) is 73.1 cm³/mol. The Bertz CT molecular complexity index is 632. The van der Waals surface area contributed by atoms with Gasteiger partial charge in [-0.15, -0.1) is 0 Å². The molecule has 0 bridgehead atoms. The molecule has 4 nitrogen and oxygen atoms in total. The van der Waals surface area contributed by atoms with Gasteiger partial charge in [-0.05, 0) is 46.3 Å². The monoisotopic (exact) mass is 324 g/mol. The molecule has 6 heteroatoms. The third-order valence-electron chi connectivity index (χ3n) is 2.36. The number of nitrogens with zero attached hydrogens (tertiary/aromatic N) is 1. The number of ether oxygens (including phenoxy) is 1. The summed E-state index contributed by atoms with van der Waals surface area (Å²) in [6.07, 6.45) is 0. The molecule has 2 aromatic carbocycles.